The third kappa shape index (κ3) is 4.64. The predicted molar refractivity (Wildman–Crippen MR) is 106 cm³/mol. The zero-order valence-electron chi connectivity index (χ0n) is 15.1. The van der Waals surface area contributed by atoms with Crippen LogP contribution in [-0.4, -0.2) is 43.4 Å². The quantitative estimate of drug-likeness (QED) is 0.814. The lowest BCUT2D eigenvalue weighted by Gasteiger charge is -2.24. The van der Waals surface area contributed by atoms with Crippen molar-refractivity contribution in [2.24, 2.45) is 0 Å². The van der Waals surface area contributed by atoms with Gasteiger partial charge in [-0.2, -0.15) is 0 Å². The van der Waals surface area contributed by atoms with Crippen molar-refractivity contribution in [3.05, 3.63) is 52.2 Å². The Labute approximate surface area is 158 Å². The van der Waals surface area contributed by atoms with E-state index < -0.39 is 0 Å². The lowest BCUT2D eigenvalue weighted by molar-refractivity contribution is -0.130. The van der Waals surface area contributed by atoms with Crippen molar-refractivity contribution in [1.82, 2.24) is 10.2 Å². The molecule has 2 amide bonds. The molecule has 0 spiro atoms. The van der Waals surface area contributed by atoms with Crippen LogP contribution in [0.25, 0.3) is 0 Å². The Hall–Kier alpha value is -2.34. The fourth-order valence-electron chi connectivity index (χ4n) is 3.22. The Morgan fingerprint density at radius 2 is 1.92 bits per heavy atom. The van der Waals surface area contributed by atoms with E-state index in [2.05, 4.69) is 28.4 Å². The largest absolute Gasteiger partial charge is 0.371 e. The summed E-state index contributed by atoms with van der Waals surface area (Å²) in [4.78, 5) is 29.1. The van der Waals surface area contributed by atoms with Gasteiger partial charge in [0.1, 0.15) is 0 Å². The number of nitrogens with one attached hydrogen (secondary N) is 1. The summed E-state index contributed by atoms with van der Waals surface area (Å²) < 4.78 is 0. The van der Waals surface area contributed by atoms with Crippen molar-refractivity contribution in [2.45, 2.75) is 25.8 Å². The zero-order valence-corrected chi connectivity index (χ0v) is 15.9. The molecule has 138 valence electrons. The van der Waals surface area contributed by atoms with E-state index in [1.54, 1.807) is 11.0 Å². The minimum atomic E-state index is -0.116. The van der Waals surface area contributed by atoms with Gasteiger partial charge in [0.25, 0.3) is 5.91 Å². The van der Waals surface area contributed by atoms with Crippen molar-refractivity contribution in [3.8, 4) is 0 Å². The molecule has 0 saturated carbocycles. The standard InChI is InChI=1S/C20H25N3O2S/c1-22(19(24)10-11-21-20(25)18-9-6-14-26-18)15-16-7-2-3-8-17(16)23-12-4-5-13-23/h2-3,6-9,14H,4-5,10-13,15H2,1H3,(H,21,25). The first kappa shape index (κ1) is 18.5. The van der Waals surface area contributed by atoms with E-state index in [0.717, 1.165) is 13.1 Å². The number of rotatable bonds is 7. The Bertz CT molecular complexity index is 739. The number of hydrogen-bond donors (Lipinski definition) is 1. The average molecular weight is 372 g/mol. The van der Waals surface area contributed by atoms with E-state index in [1.807, 2.05) is 24.6 Å². The Morgan fingerprint density at radius 3 is 2.65 bits per heavy atom. The number of para-hydroxylation sites is 1. The topological polar surface area (TPSA) is 52.6 Å². The molecule has 1 fully saturated rings. The van der Waals surface area contributed by atoms with Crippen molar-refractivity contribution in [3.63, 3.8) is 0 Å². The van der Waals surface area contributed by atoms with Crippen molar-refractivity contribution < 1.29 is 9.59 Å². The maximum Gasteiger partial charge on any atom is 0.261 e. The van der Waals surface area contributed by atoms with Gasteiger partial charge in [0.05, 0.1) is 4.88 Å². The summed E-state index contributed by atoms with van der Waals surface area (Å²) in [6, 6.07) is 11.9. The van der Waals surface area contributed by atoms with Gasteiger partial charge in [-0.3, -0.25) is 9.59 Å². The Balaban J connectivity index is 1.50. The van der Waals surface area contributed by atoms with Crippen LogP contribution in [0.3, 0.4) is 0 Å². The van der Waals surface area contributed by atoms with Gasteiger partial charge >= 0.3 is 0 Å². The molecule has 6 heteroatoms. The molecule has 26 heavy (non-hydrogen) atoms. The molecular formula is C20H25N3O2S. The highest BCUT2D eigenvalue weighted by Crippen LogP contribution is 2.25. The van der Waals surface area contributed by atoms with E-state index in [1.165, 1.54) is 35.4 Å². The molecule has 0 radical (unpaired) electrons. The van der Waals surface area contributed by atoms with Crippen LogP contribution in [0, 0.1) is 0 Å². The lowest BCUT2D eigenvalue weighted by atomic mass is 10.1. The highest BCUT2D eigenvalue weighted by molar-refractivity contribution is 7.12. The molecular weight excluding hydrogens is 346 g/mol. The summed E-state index contributed by atoms with van der Waals surface area (Å²) in [5, 5.41) is 4.67. The van der Waals surface area contributed by atoms with Crippen LogP contribution in [0.5, 0.6) is 0 Å². The van der Waals surface area contributed by atoms with Crippen LogP contribution in [0.2, 0.25) is 0 Å². The van der Waals surface area contributed by atoms with Crippen molar-refractivity contribution in [1.29, 1.82) is 0 Å². The average Bonchev–Trinajstić information content (AvgIpc) is 3.35. The highest BCUT2D eigenvalue weighted by Gasteiger charge is 2.17. The van der Waals surface area contributed by atoms with Crippen LogP contribution in [0.4, 0.5) is 5.69 Å². The van der Waals surface area contributed by atoms with E-state index in [9.17, 15) is 9.59 Å². The molecule has 1 aliphatic heterocycles. The highest BCUT2D eigenvalue weighted by atomic mass is 32.1. The van der Waals surface area contributed by atoms with Gasteiger partial charge in [0.2, 0.25) is 5.91 Å². The number of carbonyl (C=O) groups is 2. The van der Waals surface area contributed by atoms with Crippen LogP contribution < -0.4 is 10.2 Å². The smallest absolute Gasteiger partial charge is 0.261 e. The Morgan fingerprint density at radius 1 is 1.15 bits per heavy atom. The SMILES string of the molecule is CN(Cc1ccccc1N1CCCC1)C(=O)CCNC(=O)c1cccs1. The second-order valence-electron chi connectivity index (χ2n) is 6.56. The van der Waals surface area contributed by atoms with Crippen LogP contribution in [0.15, 0.2) is 41.8 Å². The van der Waals surface area contributed by atoms with Gasteiger partial charge in [0.15, 0.2) is 0 Å². The molecule has 2 heterocycles. The fourth-order valence-corrected chi connectivity index (χ4v) is 3.86. The second kappa shape index (κ2) is 8.85. The molecule has 1 aromatic carbocycles. The van der Waals surface area contributed by atoms with Gasteiger partial charge in [-0.25, -0.2) is 0 Å². The normalized spacial score (nSPS) is 13.7. The molecule has 3 rings (SSSR count). The number of carbonyl (C=O) groups excluding carboxylic acids is 2. The van der Waals surface area contributed by atoms with E-state index in [-0.39, 0.29) is 11.8 Å². The Kier molecular flexibility index (Phi) is 6.28. The first-order chi connectivity index (χ1) is 12.6. The first-order valence-electron chi connectivity index (χ1n) is 9.03. The predicted octanol–water partition coefficient (Wildman–Crippen LogP) is 3.13. The van der Waals surface area contributed by atoms with Gasteiger partial charge < -0.3 is 15.1 Å². The lowest BCUT2D eigenvalue weighted by Crippen LogP contribution is -2.32. The minimum Gasteiger partial charge on any atom is -0.371 e. The van der Waals surface area contributed by atoms with E-state index in [4.69, 9.17) is 0 Å². The maximum absolute atomic E-state index is 12.4. The third-order valence-corrected chi connectivity index (χ3v) is 5.51. The van der Waals surface area contributed by atoms with Crippen LogP contribution in [0.1, 0.15) is 34.5 Å². The molecule has 0 bridgehead atoms. The molecule has 2 aromatic rings. The number of nitrogens with zero attached hydrogens (tertiary/aromatic N) is 2. The number of amides is 2. The molecule has 1 saturated heterocycles. The number of anilines is 1. The first-order valence-corrected chi connectivity index (χ1v) is 9.91. The molecule has 5 nitrogen and oxygen atoms in total. The van der Waals surface area contributed by atoms with Gasteiger partial charge in [-0.05, 0) is 35.9 Å². The van der Waals surface area contributed by atoms with E-state index >= 15 is 0 Å². The summed E-state index contributed by atoms with van der Waals surface area (Å²) in [7, 11) is 1.82. The number of benzene rings is 1. The maximum atomic E-state index is 12.4. The molecule has 0 aliphatic carbocycles. The van der Waals surface area contributed by atoms with E-state index in [0.29, 0.717) is 24.4 Å². The van der Waals surface area contributed by atoms with Crippen LogP contribution >= 0.6 is 11.3 Å². The molecule has 1 aromatic heterocycles. The summed E-state index contributed by atoms with van der Waals surface area (Å²) in [5.74, 6) is -0.0810. The van der Waals surface area contributed by atoms with Crippen molar-refractivity contribution >= 4 is 28.8 Å². The summed E-state index contributed by atoms with van der Waals surface area (Å²) in [6.45, 7) is 3.12. The molecule has 0 atom stereocenters. The van der Waals surface area contributed by atoms with Crippen LogP contribution in [-0.2, 0) is 11.3 Å². The minimum absolute atomic E-state index is 0.0349. The summed E-state index contributed by atoms with van der Waals surface area (Å²) in [6.07, 6.45) is 2.76. The molecule has 1 aliphatic rings. The van der Waals surface area contributed by atoms with Gasteiger partial charge in [-0.1, -0.05) is 24.3 Å². The number of thiophene rings is 1. The molecule has 1 N–H and O–H groups in total. The monoisotopic (exact) mass is 371 g/mol. The van der Waals surface area contributed by atoms with Gasteiger partial charge in [-0.15, -0.1) is 11.3 Å². The van der Waals surface area contributed by atoms with Gasteiger partial charge in [0, 0.05) is 45.3 Å². The fraction of sp³-hybridized carbons (Fsp3) is 0.400. The zero-order chi connectivity index (χ0) is 18.4. The number of hydrogen-bond acceptors (Lipinski definition) is 4. The summed E-state index contributed by atoms with van der Waals surface area (Å²) >= 11 is 1.40. The summed E-state index contributed by atoms with van der Waals surface area (Å²) in [5.41, 5.74) is 2.41. The third-order valence-electron chi connectivity index (χ3n) is 4.64. The second-order valence-corrected chi connectivity index (χ2v) is 7.50. The molecule has 0 unspecified atom stereocenters. The van der Waals surface area contributed by atoms with Crippen molar-refractivity contribution in [2.75, 3.05) is 31.6 Å².